The van der Waals surface area contributed by atoms with Gasteiger partial charge in [0.2, 0.25) is 5.91 Å². The number of hydrogen-bond donors (Lipinski definition) is 3. The summed E-state index contributed by atoms with van der Waals surface area (Å²) in [7, 11) is 1.61. The molecule has 2 aromatic heterocycles. The van der Waals surface area contributed by atoms with Crippen LogP contribution in [0.4, 0.5) is 16.8 Å². The lowest BCUT2D eigenvalue weighted by atomic mass is 10.3. The van der Waals surface area contributed by atoms with Gasteiger partial charge in [0.25, 0.3) is 0 Å². The Morgan fingerprint density at radius 2 is 2.00 bits per heavy atom. The van der Waals surface area contributed by atoms with Crippen molar-refractivity contribution in [3.05, 3.63) is 24.3 Å². The number of nitrogens with two attached hydrogens (primary N) is 2. The van der Waals surface area contributed by atoms with E-state index in [0.29, 0.717) is 34.1 Å². The van der Waals surface area contributed by atoms with Gasteiger partial charge in [0.15, 0.2) is 10.3 Å². The minimum atomic E-state index is -0.129. The Kier molecular flexibility index (Phi) is 5.19. The van der Waals surface area contributed by atoms with E-state index in [0.717, 1.165) is 16.0 Å². The monoisotopic (exact) mass is 376 g/mol. The number of thioether (sulfide) groups is 1. The van der Waals surface area contributed by atoms with E-state index in [4.69, 9.17) is 16.2 Å². The quantitative estimate of drug-likeness (QED) is 0.442. The van der Waals surface area contributed by atoms with Gasteiger partial charge in [0.05, 0.1) is 17.3 Å². The zero-order chi connectivity index (χ0) is 17.8. The highest BCUT2D eigenvalue weighted by Crippen LogP contribution is 2.29. The highest BCUT2D eigenvalue weighted by atomic mass is 32.2. The van der Waals surface area contributed by atoms with Crippen LogP contribution in [0, 0.1) is 0 Å². The van der Waals surface area contributed by atoms with E-state index in [9.17, 15) is 4.79 Å². The van der Waals surface area contributed by atoms with Gasteiger partial charge in [0, 0.05) is 18.2 Å². The maximum atomic E-state index is 12.1. The number of nitrogens with one attached hydrogen (secondary N) is 1. The molecule has 3 aromatic rings. The van der Waals surface area contributed by atoms with Crippen LogP contribution in [0.2, 0.25) is 0 Å². The molecule has 0 spiro atoms. The van der Waals surface area contributed by atoms with Crippen molar-refractivity contribution in [2.24, 2.45) is 0 Å². The van der Waals surface area contributed by atoms with Crippen LogP contribution >= 0.6 is 23.1 Å². The number of carbonyl (C=O) groups is 1. The fourth-order valence-electron chi connectivity index (χ4n) is 2.03. The van der Waals surface area contributed by atoms with Crippen molar-refractivity contribution in [3.8, 4) is 5.75 Å². The van der Waals surface area contributed by atoms with E-state index in [2.05, 4.69) is 20.3 Å². The number of carbonyl (C=O) groups excluding carboxylic acids is 1. The minimum Gasteiger partial charge on any atom is -0.497 e. The van der Waals surface area contributed by atoms with E-state index in [-0.39, 0.29) is 5.91 Å². The van der Waals surface area contributed by atoms with E-state index >= 15 is 0 Å². The maximum Gasteiger partial charge on any atom is 0.226 e. The number of amides is 1. The molecule has 25 heavy (non-hydrogen) atoms. The fourth-order valence-corrected chi connectivity index (χ4v) is 3.75. The number of thiazole rings is 1. The number of aromatic nitrogens is 3. The Bertz CT molecular complexity index is 894. The van der Waals surface area contributed by atoms with Gasteiger partial charge in [-0.2, -0.15) is 0 Å². The third-order valence-electron chi connectivity index (χ3n) is 3.15. The second-order valence-corrected chi connectivity index (χ2v) is 7.09. The molecular formula is C15H16N6O2S2. The first-order valence-electron chi connectivity index (χ1n) is 7.31. The zero-order valence-corrected chi connectivity index (χ0v) is 15.0. The summed E-state index contributed by atoms with van der Waals surface area (Å²) in [5.41, 5.74) is 12.0. The molecular weight excluding hydrogens is 360 g/mol. The molecule has 10 heteroatoms. The van der Waals surface area contributed by atoms with Crippen LogP contribution < -0.4 is 21.5 Å². The van der Waals surface area contributed by atoms with Crippen LogP contribution in [0.5, 0.6) is 5.75 Å². The molecule has 0 unspecified atom stereocenters. The topological polar surface area (TPSA) is 129 Å². The largest absolute Gasteiger partial charge is 0.497 e. The number of methoxy groups -OCH3 is 1. The predicted molar refractivity (Wildman–Crippen MR) is 101 cm³/mol. The number of anilines is 3. The number of hydrogen-bond acceptors (Lipinski definition) is 9. The first-order valence-corrected chi connectivity index (χ1v) is 9.11. The maximum absolute atomic E-state index is 12.1. The van der Waals surface area contributed by atoms with Gasteiger partial charge in [-0.05, 0) is 18.2 Å². The molecule has 0 radical (unpaired) electrons. The van der Waals surface area contributed by atoms with Crippen LogP contribution in [0.15, 0.2) is 29.4 Å². The van der Waals surface area contributed by atoms with Crippen molar-refractivity contribution in [1.29, 1.82) is 0 Å². The molecule has 0 aliphatic heterocycles. The second-order valence-electron chi connectivity index (χ2n) is 5.00. The van der Waals surface area contributed by atoms with Crippen LogP contribution in [0.1, 0.15) is 6.42 Å². The lowest BCUT2D eigenvalue weighted by Gasteiger charge is -2.03. The van der Waals surface area contributed by atoms with Crippen molar-refractivity contribution < 1.29 is 9.53 Å². The molecule has 1 amide bonds. The molecule has 5 N–H and O–H groups in total. The number of benzene rings is 1. The summed E-state index contributed by atoms with van der Waals surface area (Å²) in [6, 6.07) is 7.07. The van der Waals surface area contributed by atoms with Gasteiger partial charge in [-0.15, -0.1) is 0 Å². The molecule has 0 aliphatic carbocycles. The molecule has 130 valence electrons. The van der Waals surface area contributed by atoms with Crippen LogP contribution in [0.3, 0.4) is 0 Å². The number of ether oxygens (including phenoxy) is 1. The highest BCUT2D eigenvalue weighted by molar-refractivity contribution is 7.99. The summed E-state index contributed by atoms with van der Waals surface area (Å²) >= 11 is 2.72. The van der Waals surface area contributed by atoms with Crippen molar-refractivity contribution >= 4 is 56.0 Å². The molecule has 0 bridgehead atoms. The van der Waals surface area contributed by atoms with Gasteiger partial charge in [-0.3, -0.25) is 4.79 Å². The second kappa shape index (κ2) is 7.53. The Labute approximate surface area is 152 Å². The SMILES string of the molecule is COc1ccc2nc(NC(=O)CCSc3nc(N)cc(N)n3)sc2c1. The molecule has 8 nitrogen and oxygen atoms in total. The lowest BCUT2D eigenvalue weighted by Crippen LogP contribution is -2.12. The number of rotatable bonds is 6. The molecule has 0 aliphatic rings. The number of fused-ring (bicyclic) bond motifs is 1. The Balaban J connectivity index is 1.55. The van der Waals surface area contributed by atoms with Crippen molar-refractivity contribution in [3.63, 3.8) is 0 Å². The molecule has 0 fully saturated rings. The molecule has 2 heterocycles. The first kappa shape index (κ1) is 17.2. The van der Waals surface area contributed by atoms with Crippen molar-refractivity contribution in [2.45, 2.75) is 11.6 Å². The Hall–Kier alpha value is -2.59. The van der Waals surface area contributed by atoms with E-state index < -0.39 is 0 Å². The summed E-state index contributed by atoms with van der Waals surface area (Å²) in [6.07, 6.45) is 0.294. The van der Waals surface area contributed by atoms with Gasteiger partial charge >= 0.3 is 0 Å². The van der Waals surface area contributed by atoms with Crippen molar-refractivity contribution in [1.82, 2.24) is 15.0 Å². The summed E-state index contributed by atoms with van der Waals surface area (Å²) < 4.78 is 6.14. The van der Waals surface area contributed by atoms with Gasteiger partial charge < -0.3 is 21.5 Å². The Morgan fingerprint density at radius 3 is 2.72 bits per heavy atom. The van der Waals surface area contributed by atoms with E-state index in [1.165, 1.54) is 29.2 Å². The van der Waals surface area contributed by atoms with E-state index in [1.807, 2.05) is 18.2 Å². The molecule has 3 rings (SSSR count). The molecule has 0 saturated heterocycles. The molecule has 0 saturated carbocycles. The fraction of sp³-hybridized carbons (Fsp3) is 0.200. The smallest absolute Gasteiger partial charge is 0.226 e. The molecule has 1 aromatic carbocycles. The summed E-state index contributed by atoms with van der Waals surface area (Å²) in [5, 5.41) is 3.82. The number of nitrogens with zero attached hydrogens (tertiary/aromatic N) is 3. The highest BCUT2D eigenvalue weighted by Gasteiger charge is 2.10. The van der Waals surface area contributed by atoms with Crippen molar-refractivity contribution in [2.75, 3.05) is 29.6 Å². The summed E-state index contributed by atoms with van der Waals surface area (Å²) in [4.78, 5) is 24.6. The average molecular weight is 376 g/mol. The zero-order valence-electron chi connectivity index (χ0n) is 13.4. The average Bonchev–Trinajstić information content (AvgIpc) is 2.94. The number of nitrogen functional groups attached to an aromatic ring is 2. The normalized spacial score (nSPS) is 10.8. The first-order chi connectivity index (χ1) is 12.0. The third-order valence-corrected chi connectivity index (χ3v) is 4.93. The molecule has 0 atom stereocenters. The predicted octanol–water partition coefficient (Wildman–Crippen LogP) is 2.38. The minimum absolute atomic E-state index is 0.129. The van der Waals surface area contributed by atoms with Gasteiger partial charge in [-0.25, -0.2) is 15.0 Å². The van der Waals surface area contributed by atoms with Crippen LogP contribution in [-0.2, 0) is 4.79 Å². The Morgan fingerprint density at radius 1 is 1.24 bits per heavy atom. The van der Waals surface area contributed by atoms with Crippen LogP contribution in [-0.4, -0.2) is 33.7 Å². The van der Waals surface area contributed by atoms with Crippen LogP contribution in [0.25, 0.3) is 10.2 Å². The standard InChI is InChI=1S/C15H16N6O2S2/c1-23-8-2-3-9-10(6-8)25-15(18-9)21-13(22)4-5-24-14-19-11(16)7-12(17)20-14/h2-3,6-7H,4-5H2,1H3,(H,18,21,22)(H4,16,17,19,20). The summed E-state index contributed by atoms with van der Waals surface area (Å²) in [5.74, 6) is 1.75. The van der Waals surface area contributed by atoms with Gasteiger partial charge in [0.1, 0.15) is 17.4 Å². The third kappa shape index (κ3) is 4.48. The summed E-state index contributed by atoms with van der Waals surface area (Å²) in [6.45, 7) is 0. The van der Waals surface area contributed by atoms with E-state index in [1.54, 1.807) is 7.11 Å². The lowest BCUT2D eigenvalue weighted by molar-refractivity contribution is -0.115. The van der Waals surface area contributed by atoms with Gasteiger partial charge in [-0.1, -0.05) is 23.1 Å².